The van der Waals surface area contributed by atoms with Crippen molar-refractivity contribution in [3.05, 3.63) is 75.4 Å². The van der Waals surface area contributed by atoms with Crippen molar-refractivity contribution in [3.63, 3.8) is 0 Å². The van der Waals surface area contributed by atoms with Crippen LogP contribution >= 0.6 is 23.2 Å². The summed E-state index contributed by atoms with van der Waals surface area (Å²) in [5.41, 5.74) is 5.21. The molecule has 6 rings (SSSR count). The molecule has 0 bridgehead atoms. The topological polar surface area (TPSA) is 105 Å². The highest BCUT2D eigenvalue weighted by Crippen LogP contribution is 2.41. The van der Waals surface area contributed by atoms with Gasteiger partial charge in [-0.15, -0.1) is 0 Å². The summed E-state index contributed by atoms with van der Waals surface area (Å²) < 4.78 is 7.43. The number of ether oxygens (including phenoxy) is 1. The molecule has 1 amide bonds. The molecule has 2 aliphatic rings. The van der Waals surface area contributed by atoms with Crippen LogP contribution in [0.5, 0.6) is 5.88 Å². The van der Waals surface area contributed by atoms with Gasteiger partial charge < -0.3 is 24.3 Å². The number of likely N-dealkylation sites (N-methyl/N-ethyl adjacent to an activating group) is 1. The third kappa shape index (κ3) is 5.63. The number of carbonyl (C=O) groups excluding carboxylic acids is 2. The van der Waals surface area contributed by atoms with E-state index >= 15 is 0 Å². The van der Waals surface area contributed by atoms with E-state index in [0.29, 0.717) is 76.1 Å². The van der Waals surface area contributed by atoms with Gasteiger partial charge in [-0.25, -0.2) is 9.97 Å². The highest BCUT2D eigenvalue weighted by molar-refractivity contribution is 6.39. The van der Waals surface area contributed by atoms with Crippen molar-refractivity contribution < 1.29 is 14.3 Å². The Labute approximate surface area is 259 Å². The van der Waals surface area contributed by atoms with Crippen LogP contribution in [0.2, 0.25) is 10.0 Å². The Morgan fingerprint density at radius 3 is 2.53 bits per heavy atom. The van der Waals surface area contributed by atoms with Gasteiger partial charge in [-0.2, -0.15) is 4.98 Å². The number of fused-ring (bicyclic) bond motifs is 1. The molecule has 1 N–H and O–H groups in total. The Morgan fingerprint density at radius 1 is 1.07 bits per heavy atom. The number of aldehydes is 1. The standard InChI is InChI=1S/C31H31Cl2N7O3/c1-38-11-10-25-24(16-38)35-29(39(25)2)30(42)36-23-9-5-7-21(27(23)33)20-6-4-8-22(26(20)32)28-34-12-19(31(37-28)43-3)15-40-13-18(14-40)17-41/h4-9,12,17-18H,10-11,13-16H2,1-3H3,(H,36,42). The molecule has 43 heavy (non-hydrogen) atoms. The van der Waals surface area contributed by atoms with Crippen LogP contribution in [0.3, 0.4) is 0 Å². The average Bonchev–Trinajstić information content (AvgIpc) is 3.31. The first-order valence-corrected chi connectivity index (χ1v) is 14.7. The number of nitrogens with zero attached hydrogens (tertiary/aromatic N) is 6. The van der Waals surface area contributed by atoms with Crippen molar-refractivity contribution in [3.8, 4) is 28.4 Å². The summed E-state index contributed by atoms with van der Waals surface area (Å²) in [6.07, 6.45) is 3.56. The van der Waals surface area contributed by atoms with Gasteiger partial charge in [-0.1, -0.05) is 47.5 Å². The molecule has 0 spiro atoms. The lowest BCUT2D eigenvalue weighted by atomic mass is 10.0. The molecule has 2 aromatic heterocycles. The van der Waals surface area contributed by atoms with E-state index in [9.17, 15) is 9.59 Å². The number of likely N-dealkylation sites (tertiary alicyclic amines) is 1. The van der Waals surface area contributed by atoms with Crippen LogP contribution < -0.4 is 10.1 Å². The monoisotopic (exact) mass is 619 g/mol. The van der Waals surface area contributed by atoms with E-state index in [2.05, 4.69) is 30.1 Å². The summed E-state index contributed by atoms with van der Waals surface area (Å²) in [6.45, 7) is 3.65. The Bertz CT molecular complexity index is 1720. The first kappa shape index (κ1) is 29.3. The third-order valence-corrected chi connectivity index (χ3v) is 8.83. The van der Waals surface area contributed by atoms with E-state index in [1.807, 2.05) is 49.0 Å². The lowest BCUT2D eigenvalue weighted by molar-refractivity contribution is -0.115. The number of halogens is 2. The Balaban J connectivity index is 1.26. The maximum atomic E-state index is 13.3. The summed E-state index contributed by atoms with van der Waals surface area (Å²) in [7, 11) is 5.48. The van der Waals surface area contributed by atoms with Crippen LogP contribution in [0.25, 0.3) is 22.5 Å². The third-order valence-electron chi connectivity index (χ3n) is 8.02. The molecule has 0 atom stereocenters. The molecule has 222 valence electrons. The average molecular weight is 621 g/mol. The van der Waals surface area contributed by atoms with Gasteiger partial charge in [0.05, 0.1) is 28.5 Å². The molecule has 4 heterocycles. The number of nitrogens with one attached hydrogen (secondary N) is 1. The van der Waals surface area contributed by atoms with Crippen LogP contribution in [-0.4, -0.2) is 75.3 Å². The number of amides is 1. The minimum absolute atomic E-state index is 0.0776. The summed E-state index contributed by atoms with van der Waals surface area (Å²) >= 11 is 13.8. The van der Waals surface area contributed by atoms with Crippen molar-refractivity contribution in [1.29, 1.82) is 0 Å². The molecule has 1 fully saturated rings. The van der Waals surface area contributed by atoms with Gasteiger partial charge >= 0.3 is 0 Å². The minimum atomic E-state index is -0.334. The molecule has 2 aliphatic heterocycles. The highest BCUT2D eigenvalue weighted by Gasteiger charge is 2.28. The molecule has 1 saturated heterocycles. The van der Waals surface area contributed by atoms with E-state index in [4.69, 9.17) is 27.9 Å². The van der Waals surface area contributed by atoms with Gasteiger partial charge in [-0.3, -0.25) is 9.69 Å². The van der Waals surface area contributed by atoms with Crippen LogP contribution in [0.1, 0.15) is 27.6 Å². The molecule has 0 unspecified atom stereocenters. The highest BCUT2D eigenvalue weighted by atomic mass is 35.5. The number of hydrogen-bond acceptors (Lipinski definition) is 8. The predicted molar refractivity (Wildman–Crippen MR) is 166 cm³/mol. The number of rotatable bonds is 8. The van der Waals surface area contributed by atoms with E-state index in [0.717, 1.165) is 36.2 Å². The largest absolute Gasteiger partial charge is 0.481 e. The number of methoxy groups -OCH3 is 1. The second-order valence-corrected chi connectivity index (χ2v) is 11.7. The number of carbonyl (C=O) groups is 2. The fourth-order valence-corrected chi connectivity index (χ4v) is 6.25. The maximum absolute atomic E-state index is 13.3. The van der Waals surface area contributed by atoms with E-state index < -0.39 is 0 Å². The molecule has 0 saturated carbocycles. The van der Waals surface area contributed by atoms with E-state index in [1.54, 1.807) is 19.4 Å². The number of hydrogen-bond donors (Lipinski definition) is 1. The Hall–Kier alpha value is -3.83. The van der Waals surface area contributed by atoms with Crippen molar-refractivity contribution >= 4 is 41.1 Å². The normalized spacial score (nSPS) is 15.6. The van der Waals surface area contributed by atoms with Gasteiger partial charge in [-0.05, 0) is 19.2 Å². The van der Waals surface area contributed by atoms with Gasteiger partial charge in [0, 0.05) is 86.3 Å². The summed E-state index contributed by atoms with van der Waals surface area (Å²) in [5.74, 6) is 0.944. The second-order valence-electron chi connectivity index (χ2n) is 11.0. The summed E-state index contributed by atoms with van der Waals surface area (Å²) in [5, 5.41) is 3.71. The van der Waals surface area contributed by atoms with Crippen molar-refractivity contribution in [2.75, 3.05) is 39.1 Å². The zero-order valence-corrected chi connectivity index (χ0v) is 25.6. The number of anilines is 1. The number of aromatic nitrogens is 4. The lowest BCUT2D eigenvalue weighted by Crippen LogP contribution is -2.46. The zero-order valence-electron chi connectivity index (χ0n) is 24.1. The number of benzene rings is 2. The lowest BCUT2D eigenvalue weighted by Gasteiger charge is -2.36. The predicted octanol–water partition coefficient (Wildman–Crippen LogP) is 4.73. The van der Waals surface area contributed by atoms with Crippen LogP contribution in [0, 0.1) is 5.92 Å². The SMILES string of the molecule is COc1nc(-c2cccc(-c3cccc(NC(=O)c4nc5c(n4C)CCN(C)C5)c3Cl)c2Cl)ncc1CN1CC(C=O)C1. The molecule has 4 aromatic rings. The number of imidazole rings is 1. The van der Waals surface area contributed by atoms with Gasteiger partial charge in [0.15, 0.2) is 11.6 Å². The van der Waals surface area contributed by atoms with Gasteiger partial charge in [0.25, 0.3) is 5.91 Å². The van der Waals surface area contributed by atoms with Gasteiger partial charge in [0.1, 0.15) is 6.29 Å². The quantitative estimate of drug-likeness (QED) is 0.282. The molecule has 10 nitrogen and oxygen atoms in total. The summed E-state index contributed by atoms with van der Waals surface area (Å²) in [6, 6.07) is 11.0. The summed E-state index contributed by atoms with van der Waals surface area (Å²) in [4.78, 5) is 42.4. The van der Waals surface area contributed by atoms with Crippen molar-refractivity contribution in [2.45, 2.75) is 19.5 Å². The zero-order chi connectivity index (χ0) is 30.2. The molecular formula is C31H31Cl2N7O3. The second kappa shape index (κ2) is 12.0. The van der Waals surface area contributed by atoms with Gasteiger partial charge in [0.2, 0.25) is 5.88 Å². The minimum Gasteiger partial charge on any atom is -0.481 e. The molecule has 0 aliphatic carbocycles. The van der Waals surface area contributed by atoms with Crippen LogP contribution in [0.4, 0.5) is 5.69 Å². The van der Waals surface area contributed by atoms with Crippen LogP contribution in [0.15, 0.2) is 42.6 Å². The van der Waals surface area contributed by atoms with Crippen molar-refractivity contribution in [1.82, 2.24) is 29.3 Å². The van der Waals surface area contributed by atoms with E-state index in [1.165, 1.54) is 0 Å². The first-order valence-electron chi connectivity index (χ1n) is 14.0. The Kier molecular flexibility index (Phi) is 8.19. The fourth-order valence-electron chi connectivity index (χ4n) is 5.66. The molecule has 2 aromatic carbocycles. The van der Waals surface area contributed by atoms with E-state index in [-0.39, 0.29) is 11.8 Å². The molecular weight excluding hydrogens is 589 g/mol. The van der Waals surface area contributed by atoms with Crippen molar-refractivity contribution in [2.24, 2.45) is 13.0 Å². The molecule has 12 heteroatoms. The Morgan fingerprint density at radius 2 is 1.79 bits per heavy atom. The smallest absolute Gasteiger partial charge is 0.291 e. The maximum Gasteiger partial charge on any atom is 0.291 e. The van der Waals surface area contributed by atoms with Crippen LogP contribution in [-0.2, 0) is 31.4 Å². The molecule has 0 radical (unpaired) electrons. The fraction of sp³-hybridized carbons (Fsp3) is 0.323. The first-order chi connectivity index (χ1) is 20.8.